The molecule has 0 atom stereocenters. The van der Waals surface area contributed by atoms with Crippen LogP contribution in [0.3, 0.4) is 0 Å². The van der Waals surface area contributed by atoms with Crippen LogP contribution in [0.15, 0.2) is 72.9 Å². The third kappa shape index (κ3) is 12.6. The van der Waals surface area contributed by atoms with Crippen LogP contribution >= 0.6 is 0 Å². The number of aryl methyl sites for hydroxylation is 2. The average Bonchev–Trinajstić information content (AvgIpc) is 3.03. The van der Waals surface area contributed by atoms with Gasteiger partial charge in [0, 0.05) is 24.2 Å². The van der Waals surface area contributed by atoms with Crippen LogP contribution in [-0.4, -0.2) is 12.5 Å². The molecule has 0 aliphatic rings. The minimum atomic E-state index is 0.0118. The quantitative estimate of drug-likeness (QED) is 0.0868. The Bertz CT molecular complexity index is 1180. The van der Waals surface area contributed by atoms with Gasteiger partial charge in [0.15, 0.2) is 6.20 Å². The van der Waals surface area contributed by atoms with E-state index >= 15 is 0 Å². The first-order chi connectivity index (χ1) is 21.1. The molecule has 0 unspecified atom stereocenters. The minimum Gasteiger partial charge on any atom is -0.494 e. The summed E-state index contributed by atoms with van der Waals surface area (Å²) in [6.07, 6.45) is 22.0. The molecule has 234 valence electrons. The van der Waals surface area contributed by atoms with Crippen LogP contribution in [0.25, 0.3) is 0 Å². The molecule has 0 N–H and O–H groups in total. The van der Waals surface area contributed by atoms with Gasteiger partial charge in [-0.05, 0) is 54.8 Å². The summed E-state index contributed by atoms with van der Waals surface area (Å²) in [7, 11) is 0. The molecule has 0 saturated heterocycles. The standard InChI is InChI=1S/C39H57N2O2/c1-4-6-7-8-9-10-11-12-13-14-15-16-17-23-31-43-37-28-27-35(34(3)32-37)33-41(36-24-19-18-20-25-36)39(42)38-26-21-22-30-40(38)29-5-2/h18-22,24-28,30,32H,4-17,23,29,31,33H2,1-3H3/q+1. The topological polar surface area (TPSA) is 33.4 Å². The van der Waals surface area contributed by atoms with Crippen molar-refractivity contribution in [2.45, 2.75) is 130 Å². The number of rotatable bonds is 22. The van der Waals surface area contributed by atoms with Crippen molar-refractivity contribution in [3.63, 3.8) is 0 Å². The van der Waals surface area contributed by atoms with Gasteiger partial charge in [-0.2, -0.15) is 4.57 Å². The number of unbranched alkanes of at least 4 members (excludes halogenated alkanes) is 13. The normalized spacial score (nSPS) is 11.0. The molecule has 1 amide bonds. The number of carbonyl (C=O) groups excluding carboxylic acids is 1. The van der Waals surface area contributed by atoms with Crippen LogP contribution in [-0.2, 0) is 13.1 Å². The Morgan fingerprint density at radius 1 is 0.698 bits per heavy atom. The van der Waals surface area contributed by atoms with Gasteiger partial charge >= 0.3 is 5.91 Å². The minimum absolute atomic E-state index is 0.0118. The zero-order chi connectivity index (χ0) is 30.5. The van der Waals surface area contributed by atoms with E-state index in [4.69, 9.17) is 4.74 Å². The van der Waals surface area contributed by atoms with E-state index in [2.05, 4.69) is 43.5 Å². The van der Waals surface area contributed by atoms with Crippen molar-refractivity contribution in [2.24, 2.45) is 0 Å². The van der Waals surface area contributed by atoms with Gasteiger partial charge in [0.25, 0.3) is 5.69 Å². The molecule has 1 aromatic heterocycles. The number of anilines is 1. The molecule has 0 radical (unpaired) electrons. The van der Waals surface area contributed by atoms with Crippen molar-refractivity contribution in [1.29, 1.82) is 0 Å². The van der Waals surface area contributed by atoms with Gasteiger partial charge in [-0.15, -0.1) is 0 Å². The zero-order valence-corrected chi connectivity index (χ0v) is 27.4. The van der Waals surface area contributed by atoms with Crippen molar-refractivity contribution < 1.29 is 14.1 Å². The van der Waals surface area contributed by atoms with Crippen molar-refractivity contribution in [2.75, 3.05) is 11.5 Å². The summed E-state index contributed by atoms with van der Waals surface area (Å²) in [6, 6.07) is 22.1. The number of amides is 1. The highest BCUT2D eigenvalue weighted by Crippen LogP contribution is 2.24. The Labute approximate surface area is 262 Å². The third-order valence-corrected chi connectivity index (χ3v) is 8.35. The largest absolute Gasteiger partial charge is 0.494 e. The molecular weight excluding hydrogens is 528 g/mol. The maximum Gasteiger partial charge on any atom is 0.323 e. The maximum atomic E-state index is 13.9. The molecule has 2 aromatic carbocycles. The summed E-state index contributed by atoms with van der Waals surface area (Å²) < 4.78 is 8.17. The van der Waals surface area contributed by atoms with Crippen LogP contribution in [0.5, 0.6) is 5.75 Å². The molecule has 0 aliphatic heterocycles. The van der Waals surface area contributed by atoms with E-state index in [9.17, 15) is 4.79 Å². The number of para-hydroxylation sites is 1. The van der Waals surface area contributed by atoms with Gasteiger partial charge in [0.2, 0.25) is 0 Å². The molecule has 4 heteroatoms. The number of hydrogen-bond acceptors (Lipinski definition) is 2. The number of pyridine rings is 1. The molecule has 43 heavy (non-hydrogen) atoms. The predicted octanol–water partition coefficient (Wildman–Crippen LogP) is 10.4. The van der Waals surface area contributed by atoms with E-state index in [1.54, 1.807) is 0 Å². The van der Waals surface area contributed by atoms with Gasteiger partial charge in [-0.1, -0.05) is 122 Å². The molecule has 0 aliphatic carbocycles. The Balaban J connectivity index is 1.42. The van der Waals surface area contributed by atoms with Crippen molar-refractivity contribution in [3.05, 3.63) is 89.7 Å². The van der Waals surface area contributed by atoms with Crippen molar-refractivity contribution >= 4 is 11.6 Å². The summed E-state index contributed by atoms with van der Waals surface area (Å²) in [5, 5.41) is 0. The first-order valence-corrected chi connectivity index (χ1v) is 17.2. The highest BCUT2D eigenvalue weighted by atomic mass is 16.5. The van der Waals surface area contributed by atoms with E-state index in [1.165, 1.54) is 83.5 Å². The molecule has 0 fully saturated rings. The molecule has 3 aromatic rings. The summed E-state index contributed by atoms with van der Waals surface area (Å²) in [5.74, 6) is 0.926. The fraction of sp³-hybridized carbons (Fsp3) is 0.538. The lowest BCUT2D eigenvalue weighted by atomic mass is 10.0. The Hall–Kier alpha value is -3.14. The summed E-state index contributed by atoms with van der Waals surface area (Å²) in [6.45, 7) is 8.62. The van der Waals surface area contributed by atoms with Gasteiger partial charge in [0.05, 0.1) is 13.2 Å². The fourth-order valence-corrected chi connectivity index (χ4v) is 5.73. The van der Waals surface area contributed by atoms with Crippen LogP contribution in [0.4, 0.5) is 5.69 Å². The lowest BCUT2D eigenvalue weighted by molar-refractivity contribution is -0.698. The maximum absolute atomic E-state index is 13.9. The SMILES string of the molecule is CCCCCCCCCCCCCCCCOc1ccc(CN(C(=O)c2cccc[n+]2CCC)c2ccccc2)c(C)c1. The average molecular weight is 586 g/mol. The number of carbonyl (C=O) groups is 1. The second kappa shape index (κ2) is 20.7. The number of benzene rings is 2. The summed E-state index contributed by atoms with van der Waals surface area (Å²) >= 11 is 0. The van der Waals surface area contributed by atoms with Gasteiger partial charge in [-0.3, -0.25) is 9.69 Å². The number of nitrogens with zero attached hydrogens (tertiary/aromatic N) is 2. The molecular formula is C39H57N2O2+. The summed E-state index contributed by atoms with van der Waals surface area (Å²) in [4.78, 5) is 15.8. The van der Waals surface area contributed by atoms with Crippen LogP contribution < -0.4 is 14.2 Å². The molecule has 0 saturated carbocycles. The Kier molecular flexibility index (Phi) is 16.5. The van der Waals surface area contributed by atoms with Gasteiger partial charge in [-0.25, -0.2) is 0 Å². The first-order valence-electron chi connectivity index (χ1n) is 17.2. The molecule has 1 heterocycles. The highest BCUT2D eigenvalue weighted by Gasteiger charge is 2.26. The molecule has 0 bridgehead atoms. The van der Waals surface area contributed by atoms with E-state index in [0.717, 1.165) is 48.6 Å². The monoisotopic (exact) mass is 585 g/mol. The molecule has 4 nitrogen and oxygen atoms in total. The van der Waals surface area contributed by atoms with Crippen molar-refractivity contribution in [3.8, 4) is 5.75 Å². The second-order valence-corrected chi connectivity index (χ2v) is 12.0. The lowest BCUT2D eigenvalue weighted by Crippen LogP contribution is -2.45. The zero-order valence-electron chi connectivity index (χ0n) is 27.4. The third-order valence-electron chi connectivity index (χ3n) is 8.35. The van der Waals surface area contributed by atoms with Crippen LogP contribution in [0.1, 0.15) is 132 Å². The predicted molar refractivity (Wildman–Crippen MR) is 181 cm³/mol. The van der Waals surface area contributed by atoms with Crippen LogP contribution in [0, 0.1) is 6.92 Å². The smallest absolute Gasteiger partial charge is 0.323 e. The fourth-order valence-electron chi connectivity index (χ4n) is 5.73. The van der Waals surface area contributed by atoms with E-state index in [1.807, 2.05) is 59.6 Å². The second-order valence-electron chi connectivity index (χ2n) is 12.0. The molecule has 0 spiro atoms. The van der Waals surface area contributed by atoms with Gasteiger partial charge in [0.1, 0.15) is 12.3 Å². The first kappa shape index (κ1) is 34.4. The van der Waals surface area contributed by atoms with Crippen LogP contribution in [0.2, 0.25) is 0 Å². The number of aromatic nitrogens is 1. The van der Waals surface area contributed by atoms with Crippen molar-refractivity contribution in [1.82, 2.24) is 0 Å². The lowest BCUT2D eigenvalue weighted by Gasteiger charge is -2.23. The number of ether oxygens (including phenoxy) is 1. The van der Waals surface area contributed by atoms with Gasteiger partial charge < -0.3 is 4.74 Å². The van der Waals surface area contributed by atoms with E-state index in [0.29, 0.717) is 12.2 Å². The Morgan fingerprint density at radius 2 is 1.30 bits per heavy atom. The Morgan fingerprint density at radius 3 is 1.91 bits per heavy atom. The van der Waals surface area contributed by atoms with E-state index < -0.39 is 0 Å². The summed E-state index contributed by atoms with van der Waals surface area (Å²) in [5.41, 5.74) is 3.87. The highest BCUT2D eigenvalue weighted by molar-refractivity contribution is 6.03. The molecule has 3 rings (SSSR count). The van der Waals surface area contributed by atoms with E-state index in [-0.39, 0.29) is 5.91 Å². The number of hydrogen-bond donors (Lipinski definition) is 0.